The van der Waals surface area contributed by atoms with E-state index in [1.165, 1.54) is 44.6 Å². The van der Waals surface area contributed by atoms with E-state index in [-0.39, 0.29) is 134 Å². The molecule has 10 rings (SSSR count). The Labute approximate surface area is 835 Å². The first-order valence-electron chi connectivity index (χ1n) is 47.1. The summed E-state index contributed by atoms with van der Waals surface area (Å²) in [6, 6.07) is 14.9. The van der Waals surface area contributed by atoms with Crippen LogP contribution in [0, 0.1) is 45.7 Å². The van der Waals surface area contributed by atoms with Crippen molar-refractivity contribution >= 4 is 110 Å². The Kier molecular flexibility index (Phi) is 47.7. The number of β-amino-alcohol motifs (C(OH)–C–C–N with tert-alkyl or cyclic N) is 2. The van der Waals surface area contributed by atoms with Crippen LogP contribution in [0.25, 0.3) is 20.9 Å². The molecule has 2 aliphatic heterocycles. The molecule has 2 saturated heterocycles. The Balaban J connectivity index is 0.000000332. The number of benzene rings is 4. The topological polar surface area (TPSA) is 450 Å². The lowest BCUT2D eigenvalue weighted by atomic mass is 9.85. The Morgan fingerprint density at radius 3 is 1.24 bits per heavy atom. The maximum atomic E-state index is 14.7. The Hall–Kier alpha value is -8.85. The van der Waals surface area contributed by atoms with Crippen molar-refractivity contribution in [3.05, 3.63) is 139 Å². The number of carbonyl (C=O) groups is 9. The third-order valence-corrected chi connectivity index (χ3v) is 25.6. The lowest BCUT2D eigenvalue weighted by Crippen LogP contribution is -2.59. The molecule has 4 aromatic carbocycles. The number of anilines is 2. The number of aryl methyl sites for hydroxylation is 2. The molecule has 8 atom stereocenters. The number of hydrogen-bond donors (Lipinski definition) is 11. The molecule has 8 amide bonds. The summed E-state index contributed by atoms with van der Waals surface area (Å²) in [5.74, 6) is -8.56. The highest BCUT2D eigenvalue weighted by molar-refractivity contribution is 14.1. The predicted molar refractivity (Wildman–Crippen MR) is 521 cm³/mol. The molecule has 2 saturated carbocycles. The van der Waals surface area contributed by atoms with Gasteiger partial charge in [0.05, 0.1) is 213 Å². The normalized spacial score (nSPS) is 17.2. The second-order valence-electron chi connectivity index (χ2n) is 36.3. The first-order valence-corrected chi connectivity index (χ1v) is 49.9. The van der Waals surface area contributed by atoms with Crippen LogP contribution in [0.4, 0.5) is 33.3 Å². The SMILES string of the molecule is Cc1ncsc1-c1ccc([C@H](CC(=O)NCCOCCOCCOCCOCCOCCN)NC(=O)[C@@H]2C[C@@H](O)CN2C(=O)C(NC(=O)C2(F)CC2)C(C)(C)C)cc1.Cc1ncsc1-c1ccc([C@H](CC(=O)NCCOCCOCCOCCOCCOCCNCCCOCC(=O)c2ccc(F)c(F)c2Nc2ccc(I)cc2F)NC(=O)[C@@H]2C[C@@H](O)CN2C(=O)C(NC(=O)C2(F)CC2)C(C)(C)C)cc1. The minimum Gasteiger partial charge on any atom is -0.391 e. The summed E-state index contributed by atoms with van der Waals surface area (Å²) in [7, 11) is 0. The molecule has 4 heterocycles. The van der Waals surface area contributed by atoms with Gasteiger partial charge < -0.3 is 120 Å². The number of thiazole rings is 2. The van der Waals surface area contributed by atoms with Gasteiger partial charge in [-0.25, -0.2) is 31.9 Å². The number of nitrogens with two attached hydrogens (primary N) is 1. The zero-order valence-electron chi connectivity index (χ0n) is 80.7. The summed E-state index contributed by atoms with van der Waals surface area (Å²) < 4.78 is 134. The third-order valence-electron chi connectivity index (χ3n) is 23.0. The molecule has 0 radical (unpaired) electrons. The molecule has 774 valence electrons. The molecular formula is C97H135F5IN13O22S2. The van der Waals surface area contributed by atoms with E-state index in [1.807, 2.05) is 85.0 Å². The van der Waals surface area contributed by atoms with Crippen LogP contribution in [-0.4, -0.2) is 322 Å². The molecule has 12 N–H and O–H groups in total. The highest BCUT2D eigenvalue weighted by Gasteiger charge is 2.55. The Morgan fingerprint density at radius 2 is 0.879 bits per heavy atom. The average Bonchev–Trinajstić information content (AvgIpc) is 1.63. The minimum atomic E-state index is -2.02. The van der Waals surface area contributed by atoms with Gasteiger partial charge in [-0.05, 0) is 139 Å². The first kappa shape index (κ1) is 115. The highest BCUT2D eigenvalue weighted by Crippen LogP contribution is 2.43. The zero-order chi connectivity index (χ0) is 101. The summed E-state index contributed by atoms with van der Waals surface area (Å²) in [5.41, 5.74) is 7.35. The second-order valence-corrected chi connectivity index (χ2v) is 39.3. The molecule has 6 aromatic rings. The van der Waals surface area contributed by atoms with Gasteiger partial charge in [0.1, 0.15) is 36.6 Å². The van der Waals surface area contributed by atoms with Crippen molar-refractivity contribution in [2.75, 3.05) is 196 Å². The fraction of sp³-hybridized carbons (Fsp3) is 0.598. The molecule has 0 bridgehead atoms. The summed E-state index contributed by atoms with van der Waals surface area (Å²) in [4.78, 5) is 134. The van der Waals surface area contributed by atoms with Gasteiger partial charge in [0, 0.05) is 67.9 Å². The molecule has 2 unspecified atom stereocenters. The van der Waals surface area contributed by atoms with Gasteiger partial charge in [-0.2, -0.15) is 0 Å². The lowest BCUT2D eigenvalue weighted by molar-refractivity contribution is -0.145. The molecular weight excluding hydrogens is 1990 g/mol. The van der Waals surface area contributed by atoms with Crippen molar-refractivity contribution in [2.45, 2.75) is 173 Å². The van der Waals surface area contributed by atoms with E-state index < -0.39 is 135 Å². The van der Waals surface area contributed by atoms with E-state index in [1.54, 1.807) is 58.6 Å². The van der Waals surface area contributed by atoms with Gasteiger partial charge in [-0.3, -0.25) is 43.2 Å². The van der Waals surface area contributed by atoms with E-state index in [9.17, 15) is 75.3 Å². The summed E-state index contributed by atoms with van der Waals surface area (Å²) in [6.45, 7) is 23.4. The van der Waals surface area contributed by atoms with Gasteiger partial charge in [-0.15, -0.1) is 22.7 Å². The van der Waals surface area contributed by atoms with Crippen LogP contribution >= 0.6 is 45.3 Å². The van der Waals surface area contributed by atoms with Gasteiger partial charge >= 0.3 is 0 Å². The van der Waals surface area contributed by atoms with Gasteiger partial charge in [0.25, 0.3) is 11.8 Å². The summed E-state index contributed by atoms with van der Waals surface area (Å²) in [6.07, 6.45) is -1.54. The standard InChI is InChI=1S/C57H74F4IN7O12S.C40H61FN6O10S/c1-36-51(82-35-65-36)38-8-6-37(7-9-38)45(67-53(73)46-31-40(70)33-69(46)54(74)52(56(2,3)4)68-55(75)57(61)14-15-57)32-48(72)64-18-21-77-23-25-79-27-29-80-28-26-78-24-22-76-20-17-63-16-5-19-81-34-47(71)41-11-12-42(58)49(60)50(41)66-44-13-10-39(62)30-43(44)59;1-27-34(58-26-44-27)29-7-5-28(6-8-29)31(24-33(49)43-12-14-54-16-18-56-20-22-57-21-19-55-17-15-53-13-11-42)45-36(50)32-23-30(48)25-47(32)37(51)35(39(2,3)4)46-38(52)40(41)9-10-40/h6-13,30,35,40,45-46,52,63,66,70H,5,14-29,31-34H2,1-4H3,(H,64,72)(H,67,73)(H,68,75);5-8,26,30-32,35,48H,9-25,42H2,1-4H3,(H,43,49)(H,45,50)(H,46,52)/t40-,45+,46+,52?;30-,31+,32+,35?/m11/s1. The number of ether oxygens (including phenoxy) is 11. The number of aliphatic hydroxyl groups is 2. The van der Waals surface area contributed by atoms with Crippen molar-refractivity contribution in [1.29, 1.82) is 0 Å². The maximum Gasteiger partial charge on any atom is 0.258 e. The average molecular weight is 2120 g/mol. The smallest absolute Gasteiger partial charge is 0.258 e. The molecule has 4 aliphatic rings. The molecule has 0 spiro atoms. The first-order chi connectivity index (χ1) is 67.0. The van der Waals surface area contributed by atoms with Crippen molar-refractivity contribution in [2.24, 2.45) is 16.6 Å². The van der Waals surface area contributed by atoms with E-state index in [0.717, 1.165) is 44.4 Å². The monoisotopic (exact) mass is 2120 g/mol. The van der Waals surface area contributed by atoms with E-state index in [4.69, 9.17) is 57.8 Å². The number of nitrogens with one attached hydrogen (secondary N) is 8. The number of halogens is 6. The number of aromatic nitrogens is 2. The van der Waals surface area contributed by atoms with Crippen LogP contribution in [-0.2, 0) is 90.5 Å². The van der Waals surface area contributed by atoms with Crippen LogP contribution < -0.4 is 48.3 Å². The van der Waals surface area contributed by atoms with Crippen molar-refractivity contribution in [3.63, 3.8) is 0 Å². The highest BCUT2D eigenvalue weighted by atomic mass is 127. The number of amides is 8. The summed E-state index contributed by atoms with van der Waals surface area (Å²) in [5, 5.41) is 43.8. The van der Waals surface area contributed by atoms with Gasteiger partial charge in [0.2, 0.25) is 35.4 Å². The van der Waals surface area contributed by atoms with E-state index in [0.29, 0.717) is 153 Å². The number of Topliss-reactive ketones (excluding diaryl/α,β-unsaturated/α-hetero) is 1. The van der Waals surface area contributed by atoms with Gasteiger partial charge in [0.15, 0.2) is 28.8 Å². The van der Waals surface area contributed by atoms with Crippen LogP contribution in [0.5, 0.6) is 0 Å². The van der Waals surface area contributed by atoms with E-state index in [2.05, 4.69) is 52.5 Å². The number of rotatable bonds is 62. The number of ketones is 1. The molecule has 140 heavy (non-hydrogen) atoms. The van der Waals surface area contributed by atoms with Crippen molar-refractivity contribution in [1.82, 2.24) is 57.0 Å². The second kappa shape index (κ2) is 58.2. The fourth-order valence-electron chi connectivity index (χ4n) is 14.9. The number of likely N-dealkylation sites (tertiary alicyclic amines) is 2. The third kappa shape index (κ3) is 37.7. The van der Waals surface area contributed by atoms with Crippen molar-refractivity contribution < 1.29 is 127 Å². The number of hydrogen-bond acceptors (Lipinski definition) is 29. The molecule has 4 fully saturated rings. The van der Waals surface area contributed by atoms with Crippen molar-refractivity contribution in [3.8, 4) is 20.9 Å². The van der Waals surface area contributed by atoms with Gasteiger partial charge in [-0.1, -0.05) is 90.1 Å². The lowest BCUT2D eigenvalue weighted by Gasteiger charge is -2.36. The molecule has 43 heteroatoms. The summed E-state index contributed by atoms with van der Waals surface area (Å²) >= 11 is 4.92. The van der Waals surface area contributed by atoms with Crippen LogP contribution in [0.15, 0.2) is 89.9 Å². The largest absolute Gasteiger partial charge is 0.391 e. The number of alkyl halides is 2. The van der Waals surface area contributed by atoms with Crippen LogP contribution in [0.1, 0.15) is 144 Å². The van der Waals surface area contributed by atoms with E-state index >= 15 is 0 Å². The van der Waals surface area contributed by atoms with Crippen LogP contribution in [0.3, 0.4) is 0 Å². The Morgan fingerprint density at radius 1 is 0.493 bits per heavy atom. The number of aliphatic hydroxyl groups excluding tert-OH is 2. The zero-order valence-corrected chi connectivity index (χ0v) is 84.4. The maximum absolute atomic E-state index is 14.7. The number of nitrogens with zero attached hydrogens (tertiary/aromatic N) is 4. The number of carbonyl (C=O) groups excluding carboxylic acids is 9. The predicted octanol–water partition coefficient (Wildman–Crippen LogP) is 8.32. The molecule has 35 nitrogen and oxygen atoms in total. The molecule has 2 aliphatic carbocycles. The quantitative estimate of drug-likeness (QED) is 0.00739. The Bertz CT molecular complexity index is 4920. The van der Waals surface area contributed by atoms with Crippen LogP contribution in [0.2, 0.25) is 0 Å². The molecule has 2 aromatic heterocycles. The minimum absolute atomic E-state index is 0.0482. The fourth-order valence-corrected chi connectivity index (χ4v) is 17.0.